The van der Waals surface area contributed by atoms with Crippen LogP contribution < -0.4 is 9.47 Å². The van der Waals surface area contributed by atoms with E-state index in [0.717, 1.165) is 33.4 Å². The number of fused-ring (bicyclic) bond motifs is 1. The molecule has 4 rings (SSSR count). The van der Waals surface area contributed by atoms with E-state index in [1.165, 1.54) is 6.08 Å². The van der Waals surface area contributed by atoms with E-state index in [2.05, 4.69) is 10.2 Å². The van der Waals surface area contributed by atoms with Crippen LogP contribution in [0.3, 0.4) is 0 Å². The van der Waals surface area contributed by atoms with Gasteiger partial charge in [-0.25, -0.2) is 4.79 Å². The maximum atomic E-state index is 12.3. The van der Waals surface area contributed by atoms with Gasteiger partial charge in [0.2, 0.25) is 5.89 Å². The molecule has 4 aromatic rings. The van der Waals surface area contributed by atoms with E-state index in [1.807, 2.05) is 48.5 Å². The number of carbonyl (C=O) groups is 1. The fraction of sp³-hybridized carbons (Fsp3) is 0.160. The lowest BCUT2D eigenvalue weighted by molar-refractivity contribution is -0.143. The van der Waals surface area contributed by atoms with Crippen LogP contribution in [0.15, 0.2) is 71.2 Å². The molecule has 3 aromatic carbocycles. The monoisotopic (exact) mass is 430 g/mol. The Morgan fingerprint density at radius 2 is 1.59 bits per heavy atom. The van der Waals surface area contributed by atoms with Crippen molar-refractivity contribution in [1.82, 2.24) is 10.2 Å². The van der Waals surface area contributed by atoms with Gasteiger partial charge >= 0.3 is 5.97 Å². The molecule has 162 valence electrons. The Kier molecular flexibility index (Phi) is 6.17. The lowest BCUT2D eigenvalue weighted by Crippen LogP contribution is -2.06. The van der Waals surface area contributed by atoms with Crippen LogP contribution in [-0.2, 0) is 9.53 Å². The minimum absolute atomic E-state index is 0.220. The first-order valence-electron chi connectivity index (χ1n) is 10.00. The summed E-state index contributed by atoms with van der Waals surface area (Å²) in [4.78, 5) is 12.3. The third kappa shape index (κ3) is 4.78. The van der Waals surface area contributed by atoms with Crippen LogP contribution in [0.2, 0.25) is 0 Å². The van der Waals surface area contributed by atoms with Gasteiger partial charge in [0.25, 0.3) is 5.89 Å². The number of rotatable bonds is 7. The minimum atomic E-state index is -0.685. The van der Waals surface area contributed by atoms with Crippen molar-refractivity contribution in [3.63, 3.8) is 0 Å². The standard InChI is InChI=1S/C25H22N2O5/c1-16(24-26-27-25(32-24)18-7-10-21(29-2)11-8-18)31-23(28)13-5-17-4-6-20-15-22(30-3)12-9-19(20)14-17/h4-16H,1-3H3/b13-5+. The number of methoxy groups -OCH3 is 2. The lowest BCUT2D eigenvalue weighted by Gasteiger charge is -2.07. The molecule has 7 nitrogen and oxygen atoms in total. The van der Waals surface area contributed by atoms with E-state index in [-0.39, 0.29) is 5.89 Å². The molecule has 0 saturated heterocycles. The van der Waals surface area contributed by atoms with Gasteiger partial charge < -0.3 is 18.6 Å². The summed E-state index contributed by atoms with van der Waals surface area (Å²) < 4.78 is 21.4. The zero-order valence-electron chi connectivity index (χ0n) is 17.9. The molecular formula is C25H22N2O5. The molecular weight excluding hydrogens is 408 g/mol. The van der Waals surface area contributed by atoms with Crippen molar-refractivity contribution in [2.45, 2.75) is 13.0 Å². The first kappa shape index (κ1) is 21.1. The molecule has 0 radical (unpaired) electrons. The van der Waals surface area contributed by atoms with Crippen molar-refractivity contribution < 1.29 is 23.4 Å². The summed E-state index contributed by atoms with van der Waals surface area (Å²) in [7, 11) is 3.24. The van der Waals surface area contributed by atoms with Gasteiger partial charge in [0.05, 0.1) is 14.2 Å². The SMILES string of the molecule is COc1ccc(-c2nnc(C(C)OC(=O)/C=C/c3ccc4cc(OC)ccc4c3)o2)cc1. The normalized spacial score (nSPS) is 12.1. The molecule has 0 N–H and O–H groups in total. The van der Waals surface area contributed by atoms with Gasteiger partial charge in [-0.2, -0.15) is 0 Å². The highest BCUT2D eigenvalue weighted by molar-refractivity contribution is 5.90. The summed E-state index contributed by atoms with van der Waals surface area (Å²) >= 11 is 0. The molecule has 32 heavy (non-hydrogen) atoms. The highest BCUT2D eigenvalue weighted by Gasteiger charge is 2.18. The van der Waals surface area contributed by atoms with Crippen molar-refractivity contribution in [3.8, 4) is 23.0 Å². The van der Waals surface area contributed by atoms with Crippen LogP contribution in [-0.4, -0.2) is 30.4 Å². The number of hydrogen-bond acceptors (Lipinski definition) is 7. The molecule has 1 unspecified atom stereocenters. The Hall–Kier alpha value is -4.13. The molecule has 0 fully saturated rings. The molecule has 0 aliphatic heterocycles. The van der Waals surface area contributed by atoms with E-state index >= 15 is 0 Å². The molecule has 0 saturated carbocycles. The summed E-state index contributed by atoms with van der Waals surface area (Å²) in [5.41, 5.74) is 1.63. The molecule has 0 bridgehead atoms. The molecule has 1 heterocycles. The van der Waals surface area contributed by atoms with Crippen molar-refractivity contribution in [2.75, 3.05) is 14.2 Å². The summed E-state index contributed by atoms with van der Waals surface area (Å²) in [6, 6.07) is 19.0. The average Bonchev–Trinajstić information content (AvgIpc) is 3.33. The van der Waals surface area contributed by atoms with Crippen LogP contribution in [0.4, 0.5) is 0 Å². The van der Waals surface area contributed by atoms with Crippen molar-refractivity contribution >= 4 is 22.8 Å². The molecule has 1 atom stereocenters. The van der Waals surface area contributed by atoms with E-state index in [9.17, 15) is 4.79 Å². The Labute approximate surface area is 185 Å². The third-order valence-electron chi connectivity index (χ3n) is 4.90. The second-order valence-corrected chi connectivity index (χ2v) is 7.06. The van der Waals surface area contributed by atoms with Gasteiger partial charge in [-0.1, -0.05) is 18.2 Å². The fourth-order valence-electron chi connectivity index (χ4n) is 3.15. The number of esters is 1. The second kappa shape index (κ2) is 9.34. The van der Waals surface area contributed by atoms with E-state index in [4.69, 9.17) is 18.6 Å². The topological polar surface area (TPSA) is 83.7 Å². The van der Waals surface area contributed by atoms with Gasteiger partial charge in [0, 0.05) is 11.6 Å². The van der Waals surface area contributed by atoms with Crippen LogP contribution >= 0.6 is 0 Å². The first-order valence-corrected chi connectivity index (χ1v) is 10.00. The van der Waals surface area contributed by atoms with Crippen molar-refractivity contribution in [1.29, 1.82) is 0 Å². The zero-order chi connectivity index (χ0) is 22.5. The second-order valence-electron chi connectivity index (χ2n) is 7.06. The molecule has 0 amide bonds. The summed E-state index contributed by atoms with van der Waals surface area (Å²) in [5, 5.41) is 10.1. The number of ether oxygens (including phenoxy) is 3. The van der Waals surface area contributed by atoms with Crippen LogP contribution in [0.5, 0.6) is 11.5 Å². The molecule has 1 aromatic heterocycles. The Balaban J connectivity index is 1.39. The smallest absolute Gasteiger partial charge is 0.331 e. The largest absolute Gasteiger partial charge is 0.497 e. The minimum Gasteiger partial charge on any atom is -0.497 e. The van der Waals surface area contributed by atoms with Gasteiger partial charge in [-0.05, 0) is 71.8 Å². The highest BCUT2D eigenvalue weighted by Crippen LogP contribution is 2.25. The maximum absolute atomic E-state index is 12.3. The summed E-state index contributed by atoms with van der Waals surface area (Å²) in [6.07, 6.45) is 2.40. The summed E-state index contributed by atoms with van der Waals surface area (Å²) in [6.45, 7) is 1.68. The maximum Gasteiger partial charge on any atom is 0.331 e. The van der Waals surface area contributed by atoms with E-state index in [1.54, 1.807) is 39.4 Å². The Morgan fingerprint density at radius 1 is 0.906 bits per heavy atom. The molecule has 0 aliphatic carbocycles. The number of benzene rings is 3. The van der Waals surface area contributed by atoms with Crippen molar-refractivity contribution in [3.05, 3.63) is 78.2 Å². The van der Waals surface area contributed by atoms with Gasteiger partial charge in [-0.3, -0.25) is 0 Å². The first-order chi connectivity index (χ1) is 15.6. The lowest BCUT2D eigenvalue weighted by atomic mass is 10.1. The molecule has 0 aliphatic rings. The third-order valence-corrected chi connectivity index (χ3v) is 4.90. The highest BCUT2D eigenvalue weighted by atomic mass is 16.6. The Morgan fingerprint density at radius 3 is 2.34 bits per heavy atom. The van der Waals surface area contributed by atoms with E-state index in [0.29, 0.717) is 5.89 Å². The van der Waals surface area contributed by atoms with E-state index < -0.39 is 12.1 Å². The number of aromatic nitrogens is 2. The fourth-order valence-corrected chi connectivity index (χ4v) is 3.15. The summed E-state index contributed by atoms with van der Waals surface area (Å²) in [5.74, 6) is 1.59. The zero-order valence-corrected chi connectivity index (χ0v) is 17.9. The van der Waals surface area contributed by atoms with Gasteiger partial charge in [0.15, 0.2) is 6.10 Å². The van der Waals surface area contributed by atoms with Crippen LogP contribution in [0.25, 0.3) is 28.3 Å². The Bertz CT molecular complexity index is 1260. The molecule has 0 spiro atoms. The van der Waals surface area contributed by atoms with Crippen LogP contribution in [0.1, 0.15) is 24.5 Å². The molecule has 7 heteroatoms. The number of hydrogen-bond donors (Lipinski definition) is 0. The predicted octanol–water partition coefficient (Wildman–Crippen LogP) is 5.22. The number of nitrogens with zero attached hydrogens (tertiary/aromatic N) is 2. The predicted molar refractivity (Wildman–Crippen MR) is 120 cm³/mol. The van der Waals surface area contributed by atoms with Gasteiger partial charge in [-0.15, -0.1) is 10.2 Å². The van der Waals surface area contributed by atoms with Gasteiger partial charge in [0.1, 0.15) is 11.5 Å². The van der Waals surface area contributed by atoms with Crippen molar-refractivity contribution in [2.24, 2.45) is 0 Å². The quantitative estimate of drug-likeness (QED) is 0.293. The average molecular weight is 430 g/mol. The van der Waals surface area contributed by atoms with Crippen LogP contribution in [0, 0.1) is 0 Å². The number of carbonyl (C=O) groups excluding carboxylic acids is 1.